The lowest BCUT2D eigenvalue weighted by Crippen LogP contribution is -2.43. The second-order valence-corrected chi connectivity index (χ2v) is 7.08. The zero-order valence-corrected chi connectivity index (χ0v) is 16.6. The van der Waals surface area contributed by atoms with Gasteiger partial charge in [-0.3, -0.25) is 9.69 Å². The number of likely N-dealkylation sites (tertiary alicyclic amines) is 1. The van der Waals surface area contributed by atoms with Crippen LogP contribution in [0.3, 0.4) is 0 Å². The fourth-order valence-electron chi connectivity index (χ4n) is 3.86. The summed E-state index contributed by atoms with van der Waals surface area (Å²) in [4.78, 5) is 25.4. The van der Waals surface area contributed by atoms with E-state index in [-0.39, 0.29) is 23.7 Å². The lowest BCUT2D eigenvalue weighted by molar-refractivity contribution is -0.133. The van der Waals surface area contributed by atoms with Crippen molar-refractivity contribution in [2.45, 2.75) is 39.2 Å². The lowest BCUT2D eigenvalue weighted by Gasteiger charge is -2.36. The molecule has 6 nitrogen and oxygen atoms in total. The molecule has 2 aromatic rings. The fourth-order valence-corrected chi connectivity index (χ4v) is 3.86. The molecule has 1 aromatic heterocycles. The molecule has 7 heteroatoms. The molecule has 1 aliphatic rings. The van der Waals surface area contributed by atoms with Crippen molar-refractivity contribution < 1.29 is 9.18 Å². The number of hydrogen-bond acceptors (Lipinski definition) is 5. The summed E-state index contributed by atoms with van der Waals surface area (Å²) in [5.74, 6) is 0.0505. The highest BCUT2D eigenvalue weighted by Crippen LogP contribution is 2.35. The average Bonchev–Trinajstić information content (AvgIpc) is 2.70. The highest BCUT2D eigenvalue weighted by atomic mass is 19.1. The zero-order valence-electron chi connectivity index (χ0n) is 16.6. The number of carbonyl (C=O) groups excluding carboxylic acids is 1. The van der Waals surface area contributed by atoms with Crippen LogP contribution >= 0.6 is 0 Å². The summed E-state index contributed by atoms with van der Waals surface area (Å²) >= 11 is 0. The summed E-state index contributed by atoms with van der Waals surface area (Å²) in [6, 6.07) is 6.29. The fraction of sp³-hybridized carbons (Fsp3) is 0.476. The Kier molecular flexibility index (Phi) is 6.57. The van der Waals surface area contributed by atoms with Crippen LogP contribution in [-0.4, -0.2) is 51.9 Å². The summed E-state index contributed by atoms with van der Waals surface area (Å²) in [6.45, 7) is 6.59. The van der Waals surface area contributed by atoms with Crippen molar-refractivity contribution in [3.63, 3.8) is 0 Å². The molecule has 0 radical (unpaired) electrons. The van der Waals surface area contributed by atoms with Gasteiger partial charge in [0.15, 0.2) is 0 Å². The molecule has 0 saturated carbocycles. The molecule has 28 heavy (non-hydrogen) atoms. The Bertz CT molecular complexity index is 807. The first-order valence-corrected chi connectivity index (χ1v) is 9.93. The molecule has 3 rings (SSSR count). The topological polar surface area (TPSA) is 75.4 Å². The van der Waals surface area contributed by atoms with Crippen LogP contribution in [0.5, 0.6) is 0 Å². The van der Waals surface area contributed by atoms with E-state index in [1.807, 2.05) is 18.7 Å². The van der Waals surface area contributed by atoms with Crippen molar-refractivity contribution in [2.24, 2.45) is 0 Å². The Morgan fingerprint density at radius 1 is 1.25 bits per heavy atom. The highest BCUT2D eigenvalue weighted by Gasteiger charge is 2.30. The second kappa shape index (κ2) is 9.10. The summed E-state index contributed by atoms with van der Waals surface area (Å²) in [5.41, 5.74) is 8.39. The van der Waals surface area contributed by atoms with Crippen molar-refractivity contribution in [1.82, 2.24) is 19.8 Å². The third-order valence-corrected chi connectivity index (χ3v) is 5.38. The number of benzene rings is 1. The minimum atomic E-state index is -0.286. The van der Waals surface area contributed by atoms with E-state index in [1.165, 1.54) is 12.1 Å². The van der Waals surface area contributed by atoms with Crippen molar-refractivity contribution >= 4 is 11.9 Å². The standard InChI is InChI=1S/C21H28FN5O/c1-3-26(4-2)19(28)14-27-12-6-5-7-18(27)20-17(13-24-21(23)25-20)15-8-10-16(22)11-9-15/h8-11,13,18H,3-7,12,14H2,1-2H3,(H2,23,24,25)/t18-/m0/s1. The van der Waals surface area contributed by atoms with Crippen LogP contribution in [0.15, 0.2) is 30.5 Å². The molecule has 1 fully saturated rings. The molecule has 1 aliphatic heterocycles. The largest absolute Gasteiger partial charge is 0.368 e. The number of carbonyl (C=O) groups is 1. The van der Waals surface area contributed by atoms with Crippen molar-refractivity contribution in [3.8, 4) is 11.1 Å². The van der Waals surface area contributed by atoms with E-state index in [1.54, 1.807) is 18.3 Å². The molecule has 0 unspecified atom stereocenters. The number of halogens is 1. The Labute approximate surface area is 165 Å². The van der Waals surface area contributed by atoms with Crippen molar-refractivity contribution in [2.75, 3.05) is 31.9 Å². The van der Waals surface area contributed by atoms with Crippen LogP contribution in [0.4, 0.5) is 10.3 Å². The Balaban J connectivity index is 1.94. The van der Waals surface area contributed by atoms with E-state index in [0.29, 0.717) is 19.6 Å². The maximum absolute atomic E-state index is 13.4. The molecule has 2 heterocycles. The van der Waals surface area contributed by atoms with Gasteiger partial charge in [-0.25, -0.2) is 14.4 Å². The Morgan fingerprint density at radius 2 is 1.96 bits per heavy atom. The van der Waals surface area contributed by atoms with Gasteiger partial charge in [-0.05, 0) is 50.9 Å². The van der Waals surface area contributed by atoms with Gasteiger partial charge in [-0.15, -0.1) is 0 Å². The molecule has 0 bridgehead atoms. The summed E-state index contributed by atoms with van der Waals surface area (Å²) < 4.78 is 13.4. The molecule has 0 spiro atoms. The van der Waals surface area contributed by atoms with Crippen LogP contribution in [0.25, 0.3) is 11.1 Å². The minimum Gasteiger partial charge on any atom is -0.368 e. The number of anilines is 1. The van der Waals surface area contributed by atoms with Crippen molar-refractivity contribution in [3.05, 3.63) is 42.0 Å². The van der Waals surface area contributed by atoms with E-state index in [2.05, 4.69) is 14.9 Å². The minimum absolute atomic E-state index is 0.0152. The van der Waals surface area contributed by atoms with E-state index in [0.717, 1.165) is 42.6 Å². The molecule has 1 atom stereocenters. The van der Waals surface area contributed by atoms with Gasteiger partial charge in [0.05, 0.1) is 18.3 Å². The number of rotatable bonds is 6. The smallest absolute Gasteiger partial charge is 0.236 e. The van der Waals surface area contributed by atoms with Gasteiger partial charge in [-0.1, -0.05) is 18.6 Å². The summed E-state index contributed by atoms with van der Waals surface area (Å²) in [6.07, 6.45) is 4.71. The third-order valence-electron chi connectivity index (χ3n) is 5.38. The van der Waals surface area contributed by atoms with Crippen LogP contribution in [0.1, 0.15) is 44.8 Å². The quantitative estimate of drug-likeness (QED) is 0.826. The molecule has 1 aromatic carbocycles. The zero-order chi connectivity index (χ0) is 20.1. The number of piperidine rings is 1. The maximum Gasteiger partial charge on any atom is 0.236 e. The lowest BCUT2D eigenvalue weighted by atomic mass is 9.93. The van der Waals surface area contributed by atoms with Gasteiger partial charge in [0.1, 0.15) is 5.82 Å². The first-order chi connectivity index (χ1) is 13.5. The number of aromatic nitrogens is 2. The van der Waals surface area contributed by atoms with Crippen LogP contribution < -0.4 is 5.73 Å². The Morgan fingerprint density at radius 3 is 2.64 bits per heavy atom. The monoisotopic (exact) mass is 385 g/mol. The molecule has 1 saturated heterocycles. The maximum atomic E-state index is 13.4. The van der Waals surface area contributed by atoms with Gasteiger partial charge >= 0.3 is 0 Å². The van der Waals surface area contributed by atoms with E-state index < -0.39 is 0 Å². The number of hydrogen-bond donors (Lipinski definition) is 1. The van der Waals surface area contributed by atoms with Gasteiger partial charge in [-0.2, -0.15) is 0 Å². The normalized spacial score (nSPS) is 17.5. The molecular formula is C21H28FN5O. The molecule has 0 aliphatic carbocycles. The van der Waals surface area contributed by atoms with Gasteiger partial charge in [0.2, 0.25) is 11.9 Å². The average molecular weight is 385 g/mol. The van der Waals surface area contributed by atoms with Crippen LogP contribution in [0, 0.1) is 5.82 Å². The number of nitrogens with zero attached hydrogens (tertiary/aromatic N) is 4. The van der Waals surface area contributed by atoms with E-state index in [9.17, 15) is 9.18 Å². The molecule has 150 valence electrons. The Hall–Kier alpha value is -2.54. The number of likely N-dealkylation sites (N-methyl/N-ethyl adjacent to an activating group) is 1. The summed E-state index contributed by atoms with van der Waals surface area (Å²) in [5, 5.41) is 0. The van der Waals surface area contributed by atoms with Gasteiger partial charge in [0, 0.05) is 24.8 Å². The number of nitrogens with two attached hydrogens (primary N) is 1. The van der Waals surface area contributed by atoms with E-state index in [4.69, 9.17) is 5.73 Å². The first-order valence-electron chi connectivity index (χ1n) is 9.93. The SMILES string of the molecule is CCN(CC)C(=O)CN1CCCC[C@H]1c1nc(N)ncc1-c1ccc(F)cc1. The molecule has 2 N–H and O–H groups in total. The molecule has 1 amide bonds. The third kappa shape index (κ3) is 4.47. The van der Waals surface area contributed by atoms with Crippen LogP contribution in [0.2, 0.25) is 0 Å². The predicted octanol–water partition coefficient (Wildman–Crippen LogP) is 3.26. The highest BCUT2D eigenvalue weighted by molar-refractivity contribution is 5.78. The number of nitrogen functional groups attached to an aromatic ring is 1. The van der Waals surface area contributed by atoms with Crippen LogP contribution in [-0.2, 0) is 4.79 Å². The molecular weight excluding hydrogens is 357 g/mol. The summed E-state index contributed by atoms with van der Waals surface area (Å²) in [7, 11) is 0. The number of amides is 1. The predicted molar refractivity (Wildman–Crippen MR) is 108 cm³/mol. The van der Waals surface area contributed by atoms with E-state index >= 15 is 0 Å². The van der Waals surface area contributed by atoms with Gasteiger partial charge < -0.3 is 10.6 Å². The second-order valence-electron chi connectivity index (χ2n) is 7.08. The van der Waals surface area contributed by atoms with Crippen molar-refractivity contribution in [1.29, 1.82) is 0 Å². The van der Waals surface area contributed by atoms with Gasteiger partial charge in [0.25, 0.3) is 0 Å². The first kappa shape index (κ1) is 20.2.